The number of amides is 2. The van der Waals surface area contributed by atoms with Crippen LogP contribution in [0.5, 0.6) is 0 Å². The molecule has 1 aliphatic carbocycles. The molecule has 68 valence electrons. The van der Waals surface area contributed by atoms with E-state index in [-0.39, 0.29) is 6.03 Å². The van der Waals surface area contributed by atoms with Gasteiger partial charge in [0, 0.05) is 12.6 Å². The molecule has 0 heterocycles. The molecule has 0 aromatic heterocycles. The molecule has 2 amide bonds. The molecule has 1 atom stereocenters. The summed E-state index contributed by atoms with van der Waals surface area (Å²) < 4.78 is 0. The second-order valence-corrected chi connectivity index (χ2v) is 3.89. The SMILES string of the molecule is C=CCNC(=O)NC1CC1(C)C. The monoisotopic (exact) mass is 168 g/mol. The Morgan fingerprint density at radius 2 is 2.33 bits per heavy atom. The first kappa shape index (κ1) is 9.10. The Bertz CT molecular complexity index is 199. The lowest BCUT2D eigenvalue weighted by Crippen LogP contribution is -2.38. The smallest absolute Gasteiger partial charge is 0.315 e. The van der Waals surface area contributed by atoms with Crippen LogP contribution in [0.3, 0.4) is 0 Å². The van der Waals surface area contributed by atoms with Gasteiger partial charge in [-0.05, 0) is 11.8 Å². The summed E-state index contributed by atoms with van der Waals surface area (Å²) in [4.78, 5) is 11.1. The molecular formula is C9H16N2O. The summed E-state index contributed by atoms with van der Waals surface area (Å²) in [6.45, 7) is 8.33. The molecule has 0 aliphatic heterocycles. The number of carbonyl (C=O) groups excluding carboxylic acids is 1. The van der Waals surface area contributed by atoms with Gasteiger partial charge in [-0.3, -0.25) is 0 Å². The fourth-order valence-electron chi connectivity index (χ4n) is 1.09. The van der Waals surface area contributed by atoms with Crippen molar-refractivity contribution in [2.24, 2.45) is 5.41 Å². The van der Waals surface area contributed by atoms with Crippen LogP contribution >= 0.6 is 0 Å². The topological polar surface area (TPSA) is 41.1 Å². The van der Waals surface area contributed by atoms with Crippen LogP contribution in [0.2, 0.25) is 0 Å². The molecule has 3 heteroatoms. The molecule has 0 aromatic carbocycles. The van der Waals surface area contributed by atoms with Crippen LogP contribution < -0.4 is 10.6 Å². The van der Waals surface area contributed by atoms with E-state index < -0.39 is 0 Å². The average Bonchev–Trinajstić information content (AvgIpc) is 2.54. The van der Waals surface area contributed by atoms with Gasteiger partial charge in [0.2, 0.25) is 0 Å². The molecule has 3 nitrogen and oxygen atoms in total. The zero-order valence-corrected chi connectivity index (χ0v) is 7.68. The molecule has 1 rings (SSSR count). The summed E-state index contributed by atoms with van der Waals surface area (Å²) in [5.74, 6) is 0. The van der Waals surface area contributed by atoms with Crippen LogP contribution in [0.1, 0.15) is 20.3 Å². The maximum atomic E-state index is 11.1. The Morgan fingerprint density at radius 1 is 1.75 bits per heavy atom. The number of hydrogen-bond donors (Lipinski definition) is 2. The third kappa shape index (κ3) is 2.26. The lowest BCUT2D eigenvalue weighted by Gasteiger charge is -2.06. The largest absolute Gasteiger partial charge is 0.335 e. The number of carbonyl (C=O) groups is 1. The van der Waals surface area contributed by atoms with Crippen molar-refractivity contribution in [2.45, 2.75) is 26.3 Å². The van der Waals surface area contributed by atoms with Crippen molar-refractivity contribution in [3.8, 4) is 0 Å². The van der Waals surface area contributed by atoms with Crippen LogP contribution in [-0.4, -0.2) is 18.6 Å². The van der Waals surface area contributed by atoms with Gasteiger partial charge in [-0.1, -0.05) is 19.9 Å². The van der Waals surface area contributed by atoms with Crippen LogP contribution in [0.4, 0.5) is 4.79 Å². The predicted molar refractivity (Wildman–Crippen MR) is 48.9 cm³/mol. The van der Waals surface area contributed by atoms with Crippen LogP contribution in [0.25, 0.3) is 0 Å². The molecule has 2 N–H and O–H groups in total. The molecular weight excluding hydrogens is 152 g/mol. The van der Waals surface area contributed by atoms with Crippen LogP contribution in [-0.2, 0) is 0 Å². The lowest BCUT2D eigenvalue weighted by atomic mass is 10.2. The number of rotatable bonds is 3. The van der Waals surface area contributed by atoms with Crippen molar-refractivity contribution >= 4 is 6.03 Å². The van der Waals surface area contributed by atoms with Gasteiger partial charge in [0.1, 0.15) is 0 Å². The van der Waals surface area contributed by atoms with Gasteiger partial charge in [0.25, 0.3) is 0 Å². The van der Waals surface area contributed by atoms with Crippen molar-refractivity contribution < 1.29 is 4.79 Å². The van der Waals surface area contributed by atoms with E-state index in [1.54, 1.807) is 6.08 Å². The fraction of sp³-hybridized carbons (Fsp3) is 0.667. The van der Waals surface area contributed by atoms with Crippen LogP contribution in [0, 0.1) is 5.41 Å². The minimum absolute atomic E-state index is 0.0922. The third-order valence-corrected chi connectivity index (χ3v) is 2.23. The fourth-order valence-corrected chi connectivity index (χ4v) is 1.09. The standard InChI is InChI=1S/C9H16N2O/c1-4-5-10-8(12)11-7-6-9(7,2)3/h4,7H,1,5-6H2,2-3H3,(H2,10,11,12). The van der Waals surface area contributed by atoms with Crippen LogP contribution in [0.15, 0.2) is 12.7 Å². The highest BCUT2D eigenvalue weighted by atomic mass is 16.2. The maximum absolute atomic E-state index is 11.1. The van der Waals surface area contributed by atoms with E-state index in [4.69, 9.17) is 0 Å². The van der Waals surface area contributed by atoms with Gasteiger partial charge < -0.3 is 10.6 Å². The second kappa shape index (κ2) is 3.17. The Balaban J connectivity index is 2.16. The third-order valence-electron chi connectivity index (χ3n) is 2.23. The minimum atomic E-state index is -0.0922. The highest BCUT2D eigenvalue weighted by molar-refractivity contribution is 5.74. The Morgan fingerprint density at radius 3 is 2.75 bits per heavy atom. The minimum Gasteiger partial charge on any atom is -0.335 e. The molecule has 0 bridgehead atoms. The summed E-state index contributed by atoms with van der Waals surface area (Å²) in [6, 6.07) is 0.257. The highest BCUT2D eigenvalue weighted by Gasteiger charge is 2.46. The molecule has 1 unspecified atom stereocenters. The summed E-state index contributed by atoms with van der Waals surface area (Å²) >= 11 is 0. The normalized spacial score (nSPS) is 24.3. The molecule has 0 radical (unpaired) electrons. The van der Waals surface area contributed by atoms with Crippen molar-refractivity contribution in [2.75, 3.05) is 6.54 Å². The average molecular weight is 168 g/mol. The Labute approximate surface area is 73.2 Å². The van der Waals surface area contributed by atoms with Crippen molar-refractivity contribution in [3.63, 3.8) is 0 Å². The first-order chi connectivity index (χ1) is 5.56. The molecule has 1 saturated carbocycles. The van der Waals surface area contributed by atoms with Gasteiger partial charge >= 0.3 is 6.03 Å². The quantitative estimate of drug-likeness (QED) is 0.612. The van der Waals surface area contributed by atoms with Gasteiger partial charge in [-0.25, -0.2) is 4.79 Å². The number of urea groups is 1. The number of hydrogen-bond acceptors (Lipinski definition) is 1. The van der Waals surface area contributed by atoms with Crippen molar-refractivity contribution in [1.82, 2.24) is 10.6 Å². The van der Waals surface area contributed by atoms with Gasteiger partial charge in [-0.2, -0.15) is 0 Å². The molecule has 0 spiro atoms. The molecule has 12 heavy (non-hydrogen) atoms. The zero-order chi connectivity index (χ0) is 9.19. The Kier molecular flexibility index (Phi) is 2.40. The maximum Gasteiger partial charge on any atom is 0.315 e. The van der Waals surface area contributed by atoms with E-state index in [9.17, 15) is 4.79 Å². The number of nitrogens with one attached hydrogen (secondary N) is 2. The predicted octanol–water partition coefficient (Wildman–Crippen LogP) is 1.27. The van der Waals surface area contributed by atoms with E-state index in [0.717, 1.165) is 6.42 Å². The second-order valence-electron chi connectivity index (χ2n) is 3.89. The Hall–Kier alpha value is -0.990. The van der Waals surface area contributed by atoms with Gasteiger partial charge in [-0.15, -0.1) is 6.58 Å². The molecule has 0 aromatic rings. The first-order valence-corrected chi connectivity index (χ1v) is 4.21. The van der Waals surface area contributed by atoms with E-state index >= 15 is 0 Å². The van der Waals surface area contributed by atoms with Gasteiger partial charge in [0.15, 0.2) is 0 Å². The molecule has 0 saturated heterocycles. The summed E-state index contributed by atoms with van der Waals surface area (Å²) in [7, 11) is 0. The van der Waals surface area contributed by atoms with Gasteiger partial charge in [0.05, 0.1) is 0 Å². The summed E-state index contributed by atoms with van der Waals surface area (Å²) in [5.41, 5.74) is 0.297. The molecule has 1 fully saturated rings. The van der Waals surface area contributed by atoms with E-state index in [0.29, 0.717) is 18.0 Å². The van der Waals surface area contributed by atoms with E-state index in [1.165, 1.54) is 0 Å². The lowest BCUT2D eigenvalue weighted by molar-refractivity contribution is 0.240. The van der Waals surface area contributed by atoms with E-state index in [1.807, 2.05) is 0 Å². The first-order valence-electron chi connectivity index (χ1n) is 4.21. The zero-order valence-electron chi connectivity index (χ0n) is 7.68. The highest BCUT2D eigenvalue weighted by Crippen LogP contribution is 2.44. The van der Waals surface area contributed by atoms with E-state index in [2.05, 4.69) is 31.1 Å². The van der Waals surface area contributed by atoms with Crippen molar-refractivity contribution in [1.29, 1.82) is 0 Å². The summed E-state index contributed by atoms with van der Waals surface area (Å²) in [5, 5.41) is 5.55. The van der Waals surface area contributed by atoms with Crippen molar-refractivity contribution in [3.05, 3.63) is 12.7 Å². The molecule has 1 aliphatic rings. The summed E-state index contributed by atoms with van der Waals surface area (Å²) in [6.07, 6.45) is 2.74.